The van der Waals surface area contributed by atoms with Crippen LogP contribution in [0.5, 0.6) is 5.75 Å². The summed E-state index contributed by atoms with van der Waals surface area (Å²) in [4.78, 5) is 2.32. The molecule has 18 heavy (non-hydrogen) atoms. The van der Waals surface area contributed by atoms with Crippen molar-refractivity contribution >= 4 is 18.5 Å². The van der Waals surface area contributed by atoms with Gasteiger partial charge in [0.15, 0.2) is 0 Å². The first-order valence-electron chi connectivity index (χ1n) is 5.98. The standard InChI is InChI=1S/C15H19NO.ClH/c1-16-11-9-13(10-12-16)7-8-14-5-3-4-6-15(14)17-2;/h3-9H,10-12H2,1-2H3;1H. The van der Waals surface area contributed by atoms with Crippen LogP contribution in [0.2, 0.25) is 0 Å². The van der Waals surface area contributed by atoms with Crippen molar-refractivity contribution in [3.63, 3.8) is 0 Å². The molecule has 0 radical (unpaired) electrons. The van der Waals surface area contributed by atoms with Crippen LogP contribution in [-0.4, -0.2) is 32.1 Å². The molecule has 0 fully saturated rings. The highest BCUT2D eigenvalue weighted by atomic mass is 35.5. The Bertz CT molecular complexity index is 440. The molecule has 1 aliphatic heterocycles. The summed E-state index contributed by atoms with van der Waals surface area (Å²) >= 11 is 0. The second-order valence-corrected chi connectivity index (χ2v) is 4.37. The van der Waals surface area contributed by atoms with Gasteiger partial charge in [-0.15, -0.1) is 12.4 Å². The van der Waals surface area contributed by atoms with E-state index in [-0.39, 0.29) is 12.4 Å². The smallest absolute Gasteiger partial charge is 0.126 e. The fraction of sp³-hybridized carbons (Fsp3) is 0.333. The summed E-state index contributed by atoms with van der Waals surface area (Å²) in [5, 5.41) is 0. The Kier molecular flexibility index (Phi) is 5.96. The van der Waals surface area contributed by atoms with Crippen LogP contribution in [0.15, 0.2) is 42.0 Å². The molecule has 0 amide bonds. The van der Waals surface area contributed by atoms with Crippen molar-refractivity contribution in [3.05, 3.63) is 47.6 Å². The third-order valence-electron chi connectivity index (χ3n) is 3.06. The topological polar surface area (TPSA) is 12.5 Å². The third kappa shape index (κ3) is 3.90. The lowest BCUT2D eigenvalue weighted by Gasteiger charge is -2.20. The summed E-state index contributed by atoms with van der Waals surface area (Å²) in [6.45, 7) is 2.19. The number of halogens is 1. The molecule has 0 aromatic heterocycles. The molecule has 0 saturated carbocycles. The van der Waals surface area contributed by atoms with Crippen molar-refractivity contribution in [2.45, 2.75) is 6.42 Å². The molecule has 0 saturated heterocycles. The largest absolute Gasteiger partial charge is 0.496 e. The molecule has 2 rings (SSSR count). The van der Waals surface area contributed by atoms with E-state index in [1.807, 2.05) is 18.2 Å². The molecule has 3 heteroatoms. The normalized spacial score (nSPS) is 16.2. The van der Waals surface area contributed by atoms with E-state index in [1.165, 1.54) is 5.57 Å². The molecule has 1 aliphatic rings. The van der Waals surface area contributed by atoms with Crippen LogP contribution in [-0.2, 0) is 0 Å². The molecule has 0 N–H and O–H groups in total. The number of hydrogen-bond donors (Lipinski definition) is 0. The molecule has 1 heterocycles. The number of benzene rings is 1. The summed E-state index contributed by atoms with van der Waals surface area (Å²) in [6, 6.07) is 8.09. The van der Waals surface area contributed by atoms with Gasteiger partial charge in [-0.1, -0.05) is 36.4 Å². The Hall–Kier alpha value is -1.25. The minimum atomic E-state index is 0. The van der Waals surface area contributed by atoms with Crippen molar-refractivity contribution in [2.75, 3.05) is 27.2 Å². The number of ether oxygens (including phenoxy) is 1. The number of likely N-dealkylation sites (N-methyl/N-ethyl adjacent to an activating group) is 1. The lowest BCUT2D eigenvalue weighted by atomic mass is 10.1. The van der Waals surface area contributed by atoms with Crippen molar-refractivity contribution in [1.82, 2.24) is 4.90 Å². The van der Waals surface area contributed by atoms with Gasteiger partial charge in [0.25, 0.3) is 0 Å². The molecule has 1 aromatic carbocycles. The zero-order valence-electron chi connectivity index (χ0n) is 10.9. The number of para-hydroxylation sites is 1. The van der Waals surface area contributed by atoms with E-state index in [0.29, 0.717) is 0 Å². The monoisotopic (exact) mass is 265 g/mol. The van der Waals surface area contributed by atoms with E-state index in [1.54, 1.807) is 7.11 Å². The third-order valence-corrected chi connectivity index (χ3v) is 3.06. The van der Waals surface area contributed by atoms with Crippen LogP contribution in [0.1, 0.15) is 12.0 Å². The molecule has 98 valence electrons. The van der Waals surface area contributed by atoms with Gasteiger partial charge >= 0.3 is 0 Å². The van der Waals surface area contributed by atoms with E-state index >= 15 is 0 Å². The highest BCUT2D eigenvalue weighted by Crippen LogP contribution is 2.20. The van der Waals surface area contributed by atoms with Gasteiger partial charge in [-0.3, -0.25) is 0 Å². The average molecular weight is 266 g/mol. The Balaban J connectivity index is 0.00000162. The molecule has 0 bridgehead atoms. The van der Waals surface area contributed by atoms with Crippen LogP contribution in [0.3, 0.4) is 0 Å². The van der Waals surface area contributed by atoms with Crippen molar-refractivity contribution in [2.24, 2.45) is 0 Å². The van der Waals surface area contributed by atoms with Crippen molar-refractivity contribution in [1.29, 1.82) is 0 Å². The van der Waals surface area contributed by atoms with Crippen LogP contribution in [0, 0.1) is 0 Å². The van der Waals surface area contributed by atoms with Crippen LogP contribution in [0.4, 0.5) is 0 Å². The predicted octanol–water partition coefficient (Wildman–Crippen LogP) is 3.39. The van der Waals surface area contributed by atoms with E-state index in [9.17, 15) is 0 Å². The lowest BCUT2D eigenvalue weighted by Crippen LogP contribution is -2.23. The molecular weight excluding hydrogens is 246 g/mol. The summed E-state index contributed by atoms with van der Waals surface area (Å²) in [7, 11) is 3.86. The van der Waals surface area contributed by atoms with Crippen molar-refractivity contribution in [3.8, 4) is 5.75 Å². The highest BCUT2D eigenvalue weighted by Gasteiger charge is 2.05. The number of nitrogens with zero attached hydrogens (tertiary/aromatic N) is 1. The second kappa shape index (κ2) is 7.24. The van der Waals surface area contributed by atoms with Crippen LogP contribution < -0.4 is 4.74 Å². The minimum Gasteiger partial charge on any atom is -0.496 e. The minimum absolute atomic E-state index is 0. The quantitative estimate of drug-likeness (QED) is 0.831. The van der Waals surface area contributed by atoms with Crippen molar-refractivity contribution < 1.29 is 4.74 Å². The summed E-state index contributed by atoms with van der Waals surface area (Å²) in [5.74, 6) is 0.928. The van der Waals surface area contributed by atoms with Gasteiger partial charge < -0.3 is 9.64 Å². The highest BCUT2D eigenvalue weighted by molar-refractivity contribution is 5.85. The molecule has 0 aliphatic carbocycles. The van der Waals surface area contributed by atoms with Crippen LogP contribution in [0.25, 0.3) is 6.08 Å². The Morgan fingerprint density at radius 2 is 2.00 bits per heavy atom. The Labute approximate surface area is 115 Å². The van der Waals surface area contributed by atoms with Gasteiger partial charge in [0.05, 0.1) is 7.11 Å². The summed E-state index contributed by atoms with van der Waals surface area (Å²) in [6.07, 6.45) is 7.75. The maximum atomic E-state index is 5.32. The Morgan fingerprint density at radius 1 is 1.22 bits per heavy atom. The van der Waals surface area contributed by atoms with Gasteiger partial charge in [-0.2, -0.15) is 0 Å². The van der Waals surface area contributed by atoms with Gasteiger partial charge in [-0.25, -0.2) is 0 Å². The molecular formula is C15H20ClNO. The fourth-order valence-electron chi connectivity index (χ4n) is 1.94. The zero-order valence-corrected chi connectivity index (χ0v) is 11.7. The van der Waals surface area contributed by atoms with E-state index in [2.05, 4.69) is 36.2 Å². The molecule has 0 spiro atoms. The first-order chi connectivity index (χ1) is 8.29. The predicted molar refractivity (Wildman–Crippen MR) is 79.5 cm³/mol. The zero-order chi connectivity index (χ0) is 12.1. The first-order valence-corrected chi connectivity index (χ1v) is 5.98. The van der Waals surface area contributed by atoms with Gasteiger partial charge in [0.2, 0.25) is 0 Å². The van der Waals surface area contributed by atoms with E-state index in [4.69, 9.17) is 4.74 Å². The second-order valence-electron chi connectivity index (χ2n) is 4.37. The number of allylic oxidation sites excluding steroid dienone is 1. The molecule has 2 nitrogen and oxygen atoms in total. The molecule has 0 atom stereocenters. The Morgan fingerprint density at radius 3 is 2.67 bits per heavy atom. The fourth-order valence-corrected chi connectivity index (χ4v) is 1.94. The average Bonchev–Trinajstić information content (AvgIpc) is 2.38. The lowest BCUT2D eigenvalue weighted by molar-refractivity contribution is 0.361. The van der Waals surface area contributed by atoms with Gasteiger partial charge in [0.1, 0.15) is 5.75 Å². The number of rotatable bonds is 3. The van der Waals surface area contributed by atoms with E-state index in [0.717, 1.165) is 30.8 Å². The number of methoxy groups -OCH3 is 1. The van der Waals surface area contributed by atoms with E-state index < -0.39 is 0 Å². The summed E-state index contributed by atoms with van der Waals surface area (Å²) in [5.41, 5.74) is 2.55. The molecule has 1 aromatic rings. The first kappa shape index (κ1) is 14.8. The van der Waals surface area contributed by atoms with Gasteiger partial charge in [-0.05, 0) is 25.1 Å². The van der Waals surface area contributed by atoms with Gasteiger partial charge in [0, 0.05) is 18.7 Å². The number of hydrogen-bond acceptors (Lipinski definition) is 2. The maximum absolute atomic E-state index is 5.32. The van der Waals surface area contributed by atoms with Crippen LogP contribution >= 0.6 is 12.4 Å². The summed E-state index contributed by atoms with van der Waals surface area (Å²) < 4.78 is 5.32. The maximum Gasteiger partial charge on any atom is 0.126 e. The SMILES string of the molecule is COc1ccccc1C=CC1=CCN(C)CC1.Cl. The molecule has 0 unspecified atom stereocenters.